The van der Waals surface area contributed by atoms with E-state index in [-0.39, 0.29) is 12.4 Å². The van der Waals surface area contributed by atoms with Crippen LogP contribution >= 0.6 is 12.4 Å². The molecule has 1 aromatic heterocycles. The van der Waals surface area contributed by atoms with E-state index in [1.54, 1.807) is 6.20 Å². The Labute approximate surface area is 130 Å². The summed E-state index contributed by atoms with van der Waals surface area (Å²) < 4.78 is 0. The number of halogens is 1. The zero-order valence-electron chi connectivity index (χ0n) is 11.4. The van der Waals surface area contributed by atoms with Crippen molar-refractivity contribution in [1.29, 1.82) is 0 Å². The number of hydrogen-bond acceptors (Lipinski definition) is 2. The highest BCUT2D eigenvalue weighted by Gasteiger charge is 2.34. The summed E-state index contributed by atoms with van der Waals surface area (Å²) in [6.07, 6.45) is 1.70. The largest absolute Gasteiger partial charge is 0.374 e. The van der Waals surface area contributed by atoms with Gasteiger partial charge in [0.1, 0.15) is 0 Å². The van der Waals surface area contributed by atoms with Gasteiger partial charge in [-0.15, -0.1) is 12.4 Å². The highest BCUT2D eigenvalue weighted by molar-refractivity contribution is 5.85. The topological polar surface area (TPSA) is 33.1 Å². The summed E-state index contributed by atoms with van der Waals surface area (Å²) in [5.41, 5.74) is 1.01. The van der Waals surface area contributed by atoms with E-state index in [9.17, 15) is 5.11 Å². The fourth-order valence-electron chi connectivity index (χ4n) is 2.40. The third-order valence-corrected chi connectivity index (χ3v) is 3.42. The van der Waals surface area contributed by atoms with Gasteiger partial charge in [0.25, 0.3) is 0 Å². The Bertz CT molecular complexity index is 575. The van der Waals surface area contributed by atoms with E-state index >= 15 is 0 Å². The Morgan fingerprint density at radius 3 is 1.57 bits per heavy atom. The lowest BCUT2D eigenvalue weighted by atomic mass is 9.83. The van der Waals surface area contributed by atoms with Crippen LogP contribution in [-0.4, -0.2) is 10.1 Å². The van der Waals surface area contributed by atoms with Crippen molar-refractivity contribution >= 4 is 12.4 Å². The van der Waals surface area contributed by atoms with Crippen molar-refractivity contribution in [2.24, 2.45) is 0 Å². The van der Waals surface area contributed by atoms with Gasteiger partial charge in [-0.25, -0.2) is 0 Å². The molecule has 0 saturated carbocycles. The van der Waals surface area contributed by atoms with Gasteiger partial charge in [0.15, 0.2) is 5.60 Å². The van der Waals surface area contributed by atoms with Crippen LogP contribution in [0, 0.1) is 0 Å². The Morgan fingerprint density at radius 1 is 0.667 bits per heavy atom. The minimum atomic E-state index is -1.23. The van der Waals surface area contributed by atoms with Crippen LogP contribution in [0.15, 0.2) is 85.1 Å². The molecular formula is C18H16ClNO. The summed E-state index contributed by atoms with van der Waals surface area (Å²) in [5, 5.41) is 11.4. The molecule has 3 rings (SSSR count). The Balaban J connectivity index is 0.00000161. The van der Waals surface area contributed by atoms with E-state index in [2.05, 4.69) is 4.98 Å². The predicted molar refractivity (Wildman–Crippen MR) is 86.5 cm³/mol. The van der Waals surface area contributed by atoms with E-state index in [1.807, 2.05) is 78.9 Å². The molecule has 106 valence electrons. The van der Waals surface area contributed by atoms with Crippen LogP contribution in [-0.2, 0) is 5.60 Å². The molecule has 1 N–H and O–H groups in total. The van der Waals surface area contributed by atoms with Gasteiger partial charge in [0.2, 0.25) is 0 Å². The molecule has 2 nitrogen and oxygen atoms in total. The quantitative estimate of drug-likeness (QED) is 0.798. The summed E-state index contributed by atoms with van der Waals surface area (Å²) in [6, 6.07) is 24.8. The van der Waals surface area contributed by atoms with Crippen molar-refractivity contribution in [2.75, 3.05) is 0 Å². The van der Waals surface area contributed by atoms with Crippen molar-refractivity contribution in [3.8, 4) is 0 Å². The van der Waals surface area contributed by atoms with Crippen molar-refractivity contribution in [3.63, 3.8) is 0 Å². The molecule has 0 fully saturated rings. The molecule has 0 spiro atoms. The summed E-state index contributed by atoms with van der Waals surface area (Å²) in [4.78, 5) is 4.35. The van der Waals surface area contributed by atoms with Gasteiger partial charge in [0.05, 0.1) is 5.69 Å². The maximum absolute atomic E-state index is 11.4. The number of benzene rings is 2. The third kappa shape index (κ3) is 2.82. The molecule has 0 bridgehead atoms. The molecule has 21 heavy (non-hydrogen) atoms. The lowest BCUT2D eigenvalue weighted by Gasteiger charge is -2.28. The number of aliphatic hydroxyl groups is 1. The second-order valence-corrected chi connectivity index (χ2v) is 4.66. The fraction of sp³-hybridized carbons (Fsp3) is 0.0556. The monoisotopic (exact) mass is 297 g/mol. The highest BCUT2D eigenvalue weighted by Crippen LogP contribution is 2.34. The maximum Gasteiger partial charge on any atom is 0.157 e. The van der Waals surface area contributed by atoms with Crippen LogP contribution in [0.3, 0.4) is 0 Å². The van der Waals surface area contributed by atoms with E-state index in [4.69, 9.17) is 0 Å². The molecule has 1 heterocycles. The van der Waals surface area contributed by atoms with Crippen molar-refractivity contribution < 1.29 is 5.11 Å². The van der Waals surface area contributed by atoms with Gasteiger partial charge in [-0.3, -0.25) is 4.98 Å². The number of rotatable bonds is 3. The van der Waals surface area contributed by atoms with Gasteiger partial charge < -0.3 is 5.11 Å². The summed E-state index contributed by atoms with van der Waals surface area (Å²) >= 11 is 0. The molecule has 0 aliphatic rings. The Kier molecular flexibility index (Phi) is 4.73. The number of nitrogens with zero attached hydrogens (tertiary/aromatic N) is 1. The SMILES string of the molecule is Cl.OC(c1ccccc1)(c1ccccc1)c1ccccn1. The molecule has 0 saturated heterocycles. The lowest BCUT2D eigenvalue weighted by Crippen LogP contribution is -2.29. The first-order chi connectivity index (χ1) is 9.82. The molecule has 0 amide bonds. The number of pyridine rings is 1. The van der Waals surface area contributed by atoms with E-state index in [0.29, 0.717) is 5.69 Å². The normalized spacial score (nSPS) is 10.7. The van der Waals surface area contributed by atoms with Gasteiger partial charge in [-0.1, -0.05) is 66.7 Å². The average Bonchev–Trinajstić information content (AvgIpc) is 2.56. The Hall–Kier alpha value is -2.16. The van der Waals surface area contributed by atoms with Gasteiger partial charge in [-0.2, -0.15) is 0 Å². The first-order valence-corrected chi connectivity index (χ1v) is 6.57. The predicted octanol–water partition coefficient (Wildman–Crippen LogP) is 3.79. The summed E-state index contributed by atoms with van der Waals surface area (Å²) in [5.74, 6) is 0. The minimum absolute atomic E-state index is 0. The van der Waals surface area contributed by atoms with Crippen LogP contribution in [0.4, 0.5) is 0 Å². The first kappa shape index (κ1) is 15.2. The van der Waals surface area contributed by atoms with Crippen LogP contribution < -0.4 is 0 Å². The van der Waals surface area contributed by atoms with Crippen molar-refractivity contribution in [2.45, 2.75) is 5.60 Å². The second-order valence-electron chi connectivity index (χ2n) is 4.66. The highest BCUT2D eigenvalue weighted by atomic mass is 35.5. The van der Waals surface area contributed by atoms with Crippen LogP contribution in [0.25, 0.3) is 0 Å². The Morgan fingerprint density at radius 2 is 1.14 bits per heavy atom. The fourth-order valence-corrected chi connectivity index (χ4v) is 2.40. The van der Waals surface area contributed by atoms with Gasteiger partial charge >= 0.3 is 0 Å². The van der Waals surface area contributed by atoms with Crippen LogP contribution in [0.2, 0.25) is 0 Å². The van der Waals surface area contributed by atoms with E-state index in [0.717, 1.165) is 11.1 Å². The van der Waals surface area contributed by atoms with Gasteiger partial charge in [-0.05, 0) is 23.3 Å². The smallest absolute Gasteiger partial charge is 0.157 e. The summed E-state index contributed by atoms with van der Waals surface area (Å²) in [7, 11) is 0. The maximum atomic E-state index is 11.4. The van der Waals surface area contributed by atoms with Crippen LogP contribution in [0.5, 0.6) is 0 Å². The van der Waals surface area contributed by atoms with Crippen molar-refractivity contribution in [1.82, 2.24) is 4.98 Å². The van der Waals surface area contributed by atoms with E-state index < -0.39 is 5.60 Å². The van der Waals surface area contributed by atoms with Crippen molar-refractivity contribution in [3.05, 3.63) is 102 Å². The zero-order chi connectivity index (χ0) is 13.8. The van der Waals surface area contributed by atoms with E-state index in [1.165, 1.54) is 0 Å². The van der Waals surface area contributed by atoms with Gasteiger partial charge in [0, 0.05) is 6.20 Å². The molecule has 3 heteroatoms. The minimum Gasteiger partial charge on any atom is -0.374 e. The molecular weight excluding hydrogens is 282 g/mol. The molecule has 0 atom stereocenters. The molecule has 0 radical (unpaired) electrons. The average molecular weight is 298 g/mol. The molecule has 0 aliphatic heterocycles. The zero-order valence-corrected chi connectivity index (χ0v) is 12.2. The molecule has 0 unspecified atom stereocenters. The first-order valence-electron chi connectivity index (χ1n) is 6.57. The molecule has 3 aromatic rings. The lowest BCUT2D eigenvalue weighted by molar-refractivity contribution is 0.121. The standard InChI is InChI=1S/C18H15NO.ClH/c20-18(15-9-3-1-4-10-15,16-11-5-2-6-12-16)17-13-7-8-14-19-17;/h1-14,20H;1H. The second kappa shape index (κ2) is 6.53. The number of hydrogen-bond donors (Lipinski definition) is 1. The summed E-state index contributed by atoms with van der Waals surface area (Å²) in [6.45, 7) is 0. The van der Waals surface area contributed by atoms with Crippen LogP contribution in [0.1, 0.15) is 16.8 Å². The molecule has 0 aliphatic carbocycles. The molecule has 2 aromatic carbocycles. The number of aromatic nitrogens is 1. The third-order valence-electron chi connectivity index (χ3n) is 3.42.